The molecular formula is C32H64O18. The molecule has 300 valence electrons. The first-order valence-corrected chi connectivity index (χ1v) is 16.1. The van der Waals surface area contributed by atoms with Crippen molar-refractivity contribution < 1.29 is 87.6 Å². The molecule has 18 nitrogen and oxygen atoms in total. The quantitative estimate of drug-likeness (QED) is 0.0357. The van der Waals surface area contributed by atoms with Crippen molar-refractivity contribution in [2.45, 2.75) is 13.8 Å². The van der Waals surface area contributed by atoms with Crippen LogP contribution in [0.4, 0.5) is 0 Å². The first-order valence-electron chi connectivity index (χ1n) is 16.1. The molecule has 0 aromatic carbocycles. The smallest absolute Gasteiger partial charge is 0.330 e. The molecular weight excluding hydrogens is 672 g/mol. The molecule has 0 rings (SSSR count). The summed E-state index contributed by atoms with van der Waals surface area (Å²) in [6, 6.07) is 0. The Bertz CT molecular complexity index is 597. The van der Waals surface area contributed by atoms with E-state index in [0.29, 0.717) is 132 Å². The van der Waals surface area contributed by atoms with Gasteiger partial charge in [0.05, 0.1) is 159 Å². The van der Waals surface area contributed by atoms with Gasteiger partial charge >= 0.3 is 11.9 Å². The normalized spacial score (nSPS) is 10.2. The van der Waals surface area contributed by atoms with Gasteiger partial charge in [0.2, 0.25) is 0 Å². The summed E-state index contributed by atoms with van der Waals surface area (Å²) in [5.41, 5.74) is 0.352. The minimum atomic E-state index is -0.935. The van der Waals surface area contributed by atoms with Crippen LogP contribution in [0.5, 0.6) is 0 Å². The molecule has 6 N–H and O–H groups in total. The summed E-state index contributed by atoms with van der Waals surface area (Å²) >= 11 is 0. The number of ether oxygens (including phenoxy) is 10. The van der Waals surface area contributed by atoms with Crippen LogP contribution in [0.3, 0.4) is 0 Å². The highest BCUT2D eigenvalue weighted by Crippen LogP contribution is 1.85. The molecule has 0 atom stereocenters. The van der Waals surface area contributed by atoms with Crippen LogP contribution < -0.4 is 0 Å². The van der Waals surface area contributed by atoms with Gasteiger partial charge in [0.25, 0.3) is 0 Å². The maximum Gasteiger partial charge on any atom is 0.330 e. The molecule has 0 spiro atoms. The molecule has 0 saturated carbocycles. The summed E-state index contributed by atoms with van der Waals surface area (Å²) < 4.78 is 51.6. The summed E-state index contributed by atoms with van der Waals surface area (Å²) in [4.78, 5) is 19.2. The molecule has 0 radical (unpaired) electrons. The second kappa shape index (κ2) is 51.2. The third-order valence-corrected chi connectivity index (χ3v) is 4.65. The number of carbonyl (C=O) groups is 2. The number of rotatable bonds is 34. The van der Waals surface area contributed by atoms with E-state index in [9.17, 15) is 9.59 Å². The second-order valence-electron chi connectivity index (χ2n) is 9.19. The molecule has 0 fully saturated rings. The second-order valence-corrected chi connectivity index (χ2v) is 9.19. The standard InChI is InChI=1S/2C12H26O7.2C4H6O2/c2*13-1-3-15-5-7-17-9-11-19-12-10-18-8-6-16-4-2-14;2*1-3(2)4(5)6/h2*13-14H,1-12H2;2*1H2,2H3,(H,5,6). The van der Waals surface area contributed by atoms with E-state index in [1.807, 2.05) is 0 Å². The average Bonchev–Trinajstić information content (AvgIpc) is 3.09. The zero-order valence-electron chi connectivity index (χ0n) is 30.0. The van der Waals surface area contributed by atoms with E-state index in [2.05, 4.69) is 13.2 Å². The van der Waals surface area contributed by atoms with Gasteiger partial charge in [-0.05, 0) is 13.8 Å². The van der Waals surface area contributed by atoms with E-state index in [1.54, 1.807) is 0 Å². The maximum absolute atomic E-state index is 9.60. The summed E-state index contributed by atoms with van der Waals surface area (Å²) in [5.74, 6) is -1.87. The molecule has 0 aliphatic carbocycles. The van der Waals surface area contributed by atoms with Crippen molar-refractivity contribution in [1.29, 1.82) is 0 Å². The fraction of sp³-hybridized carbons (Fsp3) is 0.812. The number of carboxylic acids is 2. The van der Waals surface area contributed by atoms with Crippen molar-refractivity contribution in [3.05, 3.63) is 24.3 Å². The lowest BCUT2D eigenvalue weighted by Gasteiger charge is -2.07. The topological polar surface area (TPSA) is 248 Å². The number of aliphatic hydroxyl groups excluding tert-OH is 4. The molecule has 0 aromatic rings. The average molecular weight is 737 g/mol. The van der Waals surface area contributed by atoms with Crippen LogP contribution in [-0.2, 0) is 57.0 Å². The van der Waals surface area contributed by atoms with E-state index in [1.165, 1.54) is 13.8 Å². The van der Waals surface area contributed by atoms with E-state index in [-0.39, 0.29) is 37.6 Å². The Balaban J connectivity index is -0.000000319. The first-order chi connectivity index (χ1) is 24.1. The Morgan fingerprint density at radius 2 is 0.440 bits per heavy atom. The Morgan fingerprint density at radius 3 is 0.520 bits per heavy atom. The lowest BCUT2D eigenvalue weighted by Crippen LogP contribution is -2.14. The van der Waals surface area contributed by atoms with Crippen LogP contribution in [0.25, 0.3) is 0 Å². The summed E-state index contributed by atoms with van der Waals surface area (Å²) in [5, 5.41) is 49.6. The van der Waals surface area contributed by atoms with Crippen LogP contribution in [-0.4, -0.2) is 201 Å². The van der Waals surface area contributed by atoms with Crippen LogP contribution in [0.15, 0.2) is 24.3 Å². The number of hydrogen-bond donors (Lipinski definition) is 6. The van der Waals surface area contributed by atoms with Crippen LogP contribution in [0, 0.1) is 0 Å². The van der Waals surface area contributed by atoms with Crippen LogP contribution >= 0.6 is 0 Å². The highest BCUT2D eigenvalue weighted by Gasteiger charge is 1.95. The largest absolute Gasteiger partial charge is 0.478 e. The van der Waals surface area contributed by atoms with Crippen LogP contribution in [0.1, 0.15) is 13.8 Å². The molecule has 0 unspecified atom stereocenters. The summed E-state index contributed by atoms with van der Waals surface area (Å²) in [7, 11) is 0. The number of hydrogen-bond acceptors (Lipinski definition) is 16. The Hall–Kier alpha value is -2.14. The number of aliphatic hydroxyl groups is 4. The highest BCUT2D eigenvalue weighted by atomic mass is 16.6. The third-order valence-electron chi connectivity index (χ3n) is 4.65. The van der Waals surface area contributed by atoms with Gasteiger partial charge < -0.3 is 78.0 Å². The highest BCUT2D eigenvalue weighted by molar-refractivity contribution is 5.85. The minimum Gasteiger partial charge on any atom is -0.478 e. The first kappa shape index (κ1) is 54.6. The summed E-state index contributed by atoms with van der Waals surface area (Å²) in [6.45, 7) is 18.8. The third kappa shape index (κ3) is 64.4. The number of carboxylic acid groups (broad SMARTS) is 2. The van der Waals surface area contributed by atoms with E-state index in [0.717, 1.165) is 0 Å². The van der Waals surface area contributed by atoms with Crippen molar-refractivity contribution in [3.8, 4) is 0 Å². The minimum absolute atomic E-state index is 0.0359. The van der Waals surface area contributed by atoms with Crippen molar-refractivity contribution in [1.82, 2.24) is 0 Å². The van der Waals surface area contributed by atoms with Gasteiger partial charge in [-0.15, -0.1) is 0 Å². The molecule has 0 amide bonds. The predicted molar refractivity (Wildman–Crippen MR) is 181 cm³/mol. The van der Waals surface area contributed by atoms with Crippen molar-refractivity contribution in [2.75, 3.05) is 159 Å². The van der Waals surface area contributed by atoms with Gasteiger partial charge in [-0.1, -0.05) is 13.2 Å². The lowest BCUT2D eigenvalue weighted by atomic mass is 10.4. The Labute approximate surface area is 296 Å². The number of aliphatic carboxylic acids is 2. The molecule has 0 heterocycles. The zero-order valence-corrected chi connectivity index (χ0v) is 30.0. The Kier molecular flexibility index (Phi) is 56.0. The van der Waals surface area contributed by atoms with Gasteiger partial charge in [-0.25, -0.2) is 9.59 Å². The van der Waals surface area contributed by atoms with Gasteiger partial charge in [0.15, 0.2) is 0 Å². The molecule has 0 aliphatic heterocycles. The zero-order chi connectivity index (χ0) is 38.4. The predicted octanol–water partition coefficient (Wildman–Crippen LogP) is -0.598. The molecule has 50 heavy (non-hydrogen) atoms. The van der Waals surface area contributed by atoms with E-state index < -0.39 is 11.9 Å². The SMILES string of the molecule is C=C(C)C(=O)O.C=C(C)C(=O)O.OCCOCCOCCOCCOCCOCCO.OCCOCCOCCOCCOCCOCCO. The fourth-order valence-electron chi connectivity index (χ4n) is 2.22. The fourth-order valence-corrected chi connectivity index (χ4v) is 2.22. The van der Waals surface area contributed by atoms with Crippen molar-refractivity contribution in [2.24, 2.45) is 0 Å². The van der Waals surface area contributed by atoms with E-state index >= 15 is 0 Å². The lowest BCUT2D eigenvalue weighted by molar-refractivity contribution is -0.133. The van der Waals surface area contributed by atoms with Gasteiger partial charge in [0, 0.05) is 11.1 Å². The Morgan fingerprint density at radius 1 is 0.340 bits per heavy atom. The van der Waals surface area contributed by atoms with Gasteiger partial charge in [-0.3, -0.25) is 0 Å². The summed E-state index contributed by atoms with van der Waals surface area (Å²) in [6.07, 6.45) is 0. The molecule has 0 aromatic heterocycles. The van der Waals surface area contributed by atoms with Crippen molar-refractivity contribution in [3.63, 3.8) is 0 Å². The molecule has 0 aliphatic rings. The van der Waals surface area contributed by atoms with E-state index in [4.69, 9.17) is 78.0 Å². The molecule has 18 heteroatoms. The molecule has 0 saturated heterocycles. The van der Waals surface area contributed by atoms with Gasteiger partial charge in [0.1, 0.15) is 0 Å². The maximum atomic E-state index is 9.60. The molecule has 0 bridgehead atoms. The van der Waals surface area contributed by atoms with Crippen molar-refractivity contribution >= 4 is 11.9 Å². The monoisotopic (exact) mass is 736 g/mol. The van der Waals surface area contributed by atoms with Gasteiger partial charge in [-0.2, -0.15) is 0 Å². The van der Waals surface area contributed by atoms with Crippen LogP contribution in [0.2, 0.25) is 0 Å².